The molecule has 0 aliphatic heterocycles. The summed E-state index contributed by atoms with van der Waals surface area (Å²) in [6.07, 6.45) is 1.76. The van der Waals surface area contributed by atoms with E-state index in [1.54, 1.807) is 6.26 Å². The van der Waals surface area contributed by atoms with E-state index < -0.39 is 0 Å². The third-order valence-electron chi connectivity index (χ3n) is 2.99. The first-order valence-electron chi connectivity index (χ1n) is 6.23. The second kappa shape index (κ2) is 4.82. The van der Waals surface area contributed by atoms with E-state index in [-0.39, 0.29) is 0 Å². The average molecular weight is 253 g/mol. The van der Waals surface area contributed by atoms with E-state index >= 15 is 0 Å². The molecule has 0 atom stereocenters. The normalized spacial score (nSPS) is 11.1. The van der Waals surface area contributed by atoms with E-state index in [2.05, 4.69) is 15.3 Å². The Morgan fingerprint density at radius 2 is 2.05 bits per heavy atom. The first-order valence-corrected chi connectivity index (χ1v) is 6.23. The molecule has 3 aromatic rings. The zero-order valence-corrected chi connectivity index (χ0v) is 11.0. The molecule has 0 spiro atoms. The molecule has 1 aromatic carbocycles. The molecule has 4 heteroatoms. The van der Waals surface area contributed by atoms with Gasteiger partial charge in [-0.15, -0.1) is 0 Å². The molecule has 19 heavy (non-hydrogen) atoms. The number of rotatable bonds is 3. The van der Waals surface area contributed by atoms with E-state index in [0.717, 1.165) is 33.7 Å². The summed E-state index contributed by atoms with van der Waals surface area (Å²) in [5.74, 6) is 0.794. The minimum atomic E-state index is 0.657. The fourth-order valence-corrected chi connectivity index (χ4v) is 2.18. The summed E-state index contributed by atoms with van der Waals surface area (Å²) >= 11 is 0. The Hall–Kier alpha value is -2.20. The van der Waals surface area contributed by atoms with Gasteiger partial charge >= 0.3 is 0 Å². The number of nitrogens with zero attached hydrogens (tertiary/aromatic N) is 2. The van der Waals surface area contributed by atoms with Crippen LogP contribution in [0.4, 0.5) is 0 Å². The minimum absolute atomic E-state index is 0.657. The van der Waals surface area contributed by atoms with Crippen LogP contribution in [-0.2, 0) is 6.54 Å². The van der Waals surface area contributed by atoms with Gasteiger partial charge in [0, 0.05) is 16.6 Å². The summed E-state index contributed by atoms with van der Waals surface area (Å²) in [7, 11) is 1.89. The zero-order valence-electron chi connectivity index (χ0n) is 11.0. The number of para-hydroxylation sites is 1. The number of benzene rings is 1. The maximum absolute atomic E-state index is 5.57. The molecular weight excluding hydrogens is 238 g/mol. The van der Waals surface area contributed by atoms with E-state index in [4.69, 9.17) is 4.42 Å². The van der Waals surface area contributed by atoms with Crippen LogP contribution in [0, 0.1) is 6.92 Å². The third kappa shape index (κ3) is 2.22. The molecule has 0 amide bonds. The first kappa shape index (κ1) is 11.9. The number of nitrogens with one attached hydrogen (secondary N) is 1. The number of fused-ring (bicyclic) bond motifs is 1. The molecule has 0 aliphatic carbocycles. The molecule has 0 saturated carbocycles. The van der Waals surface area contributed by atoms with Gasteiger partial charge in [0.2, 0.25) is 0 Å². The van der Waals surface area contributed by atoms with E-state index in [1.807, 2.05) is 44.3 Å². The van der Waals surface area contributed by atoms with Gasteiger partial charge in [0.25, 0.3) is 0 Å². The lowest BCUT2D eigenvalue weighted by Crippen LogP contribution is -2.10. The highest BCUT2D eigenvalue weighted by Gasteiger charge is 2.10. The predicted molar refractivity (Wildman–Crippen MR) is 74.7 cm³/mol. The number of hydrogen-bond acceptors (Lipinski definition) is 4. The lowest BCUT2D eigenvalue weighted by atomic mass is 10.1. The van der Waals surface area contributed by atoms with Crippen LogP contribution in [0.2, 0.25) is 0 Å². The van der Waals surface area contributed by atoms with E-state index in [1.165, 1.54) is 0 Å². The van der Waals surface area contributed by atoms with Crippen molar-refractivity contribution in [2.24, 2.45) is 0 Å². The lowest BCUT2D eigenvalue weighted by molar-refractivity contribution is 0.616. The second-order valence-electron chi connectivity index (χ2n) is 4.49. The van der Waals surface area contributed by atoms with Gasteiger partial charge in [0.1, 0.15) is 17.7 Å². The predicted octanol–water partition coefficient (Wildman–Crippen LogP) is 2.92. The highest BCUT2D eigenvalue weighted by atomic mass is 16.3. The van der Waals surface area contributed by atoms with Crippen LogP contribution in [0.15, 0.2) is 41.0 Å². The monoisotopic (exact) mass is 253 g/mol. The van der Waals surface area contributed by atoms with Gasteiger partial charge in [-0.2, -0.15) is 0 Å². The molecule has 0 aliphatic rings. The fraction of sp³-hybridized carbons (Fsp3) is 0.200. The molecule has 1 N–H and O–H groups in total. The highest BCUT2D eigenvalue weighted by molar-refractivity contribution is 5.92. The van der Waals surface area contributed by atoms with Gasteiger partial charge in [0.05, 0.1) is 12.2 Å². The molecule has 4 nitrogen and oxygen atoms in total. The van der Waals surface area contributed by atoms with Crippen molar-refractivity contribution in [2.75, 3.05) is 7.05 Å². The standard InChI is InChI=1S/C15H15N3O/c1-10-7-13(18-15(17-10)8-16-2)12-9-19-14-6-4-3-5-11(12)14/h3-7,9,16H,8H2,1-2H3. The van der Waals surface area contributed by atoms with Crippen LogP contribution >= 0.6 is 0 Å². The largest absolute Gasteiger partial charge is 0.464 e. The van der Waals surface area contributed by atoms with Gasteiger partial charge in [0.15, 0.2) is 0 Å². The van der Waals surface area contributed by atoms with Crippen molar-refractivity contribution in [3.63, 3.8) is 0 Å². The van der Waals surface area contributed by atoms with Crippen LogP contribution in [0.25, 0.3) is 22.2 Å². The molecule has 0 fully saturated rings. The SMILES string of the molecule is CNCc1nc(C)cc(-c2coc3ccccc23)n1. The Labute approximate surface area is 111 Å². The quantitative estimate of drug-likeness (QED) is 0.779. The van der Waals surface area contributed by atoms with Crippen LogP contribution in [0.1, 0.15) is 11.5 Å². The smallest absolute Gasteiger partial charge is 0.143 e. The Morgan fingerprint density at radius 1 is 1.21 bits per heavy atom. The fourth-order valence-electron chi connectivity index (χ4n) is 2.18. The number of aromatic nitrogens is 2. The summed E-state index contributed by atoms with van der Waals surface area (Å²) in [6, 6.07) is 9.96. The molecule has 0 saturated heterocycles. The maximum atomic E-state index is 5.57. The Bertz CT molecular complexity index is 718. The van der Waals surface area contributed by atoms with Crippen LogP contribution in [0.5, 0.6) is 0 Å². The van der Waals surface area contributed by atoms with Crippen molar-refractivity contribution in [3.05, 3.63) is 48.1 Å². The van der Waals surface area contributed by atoms with Gasteiger partial charge in [-0.3, -0.25) is 0 Å². The zero-order chi connectivity index (χ0) is 13.2. The van der Waals surface area contributed by atoms with Crippen molar-refractivity contribution in [1.82, 2.24) is 15.3 Å². The topological polar surface area (TPSA) is 51.0 Å². The van der Waals surface area contributed by atoms with Crippen LogP contribution < -0.4 is 5.32 Å². The van der Waals surface area contributed by atoms with Gasteiger partial charge in [-0.05, 0) is 26.1 Å². The van der Waals surface area contributed by atoms with Gasteiger partial charge in [-0.25, -0.2) is 9.97 Å². The second-order valence-corrected chi connectivity index (χ2v) is 4.49. The molecule has 2 aromatic heterocycles. The highest BCUT2D eigenvalue weighted by Crippen LogP contribution is 2.29. The van der Waals surface area contributed by atoms with Crippen molar-refractivity contribution in [2.45, 2.75) is 13.5 Å². The average Bonchev–Trinajstić information content (AvgIpc) is 2.82. The summed E-state index contributed by atoms with van der Waals surface area (Å²) in [4.78, 5) is 8.99. The third-order valence-corrected chi connectivity index (χ3v) is 2.99. The van der Waals surface area contributed by atoms with Crippen LogP contribution in [-0.4, -0.2) is 17.0 Å². The van der Waals surface area contributed by atoms with Gasteiger partial charge < -0.3 is 9.73 Å². The Balaban J connectivity index is 2.15. The molecular formula is C15H15N3O. The first-order chi connectivity index (χ1) is 9.28. The number of hydrogen-bond donors (Lipinski definition) is 1. The van der Waals surface area contributed by atoms with Crippen molar-refractivity contribution in [3.8, 4) is 11.3 Å². The van der Waals surface area contributed by atoms with E-state index in [0.29, 0.717) is 6.54 Å². The molecule has 0 radical (unpaired) electrons. The molecule has 0 bridgehead atoms. The molecule has 2 heterocycles. The summed E-state index contributed by atoms with van der Waals surface area (Å²) in [5.41, 5.74) is 3.76. The van der Waals surface area contributed by atoms with Crippen molar-refractivity contribution >= 4 is 11.0 Å². The molecule has 3 rings (SSSR count). The lowest BCUT2D eigenvalue weighted by Gasteiger charge is -2.04. The summed E-state index contributed by atoms with van der Waals surface area (Å²) < 4.78 is 5.57. The van der Waals surface area contributed by atoms with Crippen LogP contribution in [0.3, 0.4) is 0 Å². The summed E-state index contributed by atoms with van der Waals surface area (Å²) in [6.45, 7) is 2.64. The Kier molecular flexibility index (Phi) is 3.01. The number of furan rings is 1. The van der Waals surface area contributed by atoms with E-state index in [9.17, 15) is 0 Å². The molecule has 0 unspecified atom stereocenters. The summed E-state index contributed by atoms with van der Waals surface area (Å²) in [5, 5.41) is 4.15. The maximum Gasteiger partial charge on any atom is 0.143 e. The minimum Gasteiger partial charge on any atom is -0.464 e. The molecule has 96 valence electrons. The number of aryl methyl sites for hydroxylation is 1. The van der Waals surface area contributed by atoms with Crippen molar-refractivity contribution in [1.29, 1.82) is 0 Å². The van der Waals surface area contributed by atoms with Crippen molar-refractivity contribution < 1.29 is 4.42 Å². The Morgan fingerprint density at radius 3 is 2.89 bits per heavy atom. The van der Waals surface area contributed by atoms with Gasteiger partial charge in [-0.1, -0.05) is 18.2 Å².